The number of hydrogen-bond donors (Lipinski definition) is 1. The zero-order chi connectivity index (χ0) is 10.6. The van der Waals surface area contributed by atoms with Crippen LogP contribution in [0.2, 0.25) is 0 Å². The Morgan fingerprint density at radius 3 is 2.71 bits per heavy atom. The average molecular weight is 216 g/mol. The molecule has 1 aliphatic carbocycles. The topological polar surface area (TPSA) is 29.3 Å². The van der Waals surface area contributed by atoms with Crippen molar-refractivity contribution in [2.45, 2.75) is 50.7 Å². The van der Waals surface area contributed by atoms with E-state index < -0.39 is 0 Å². The molecule has 1 aliphatic rings. The molecule has 1 fully saturated rings. The van der Waals surface area contributed by atoms with Gasteiger partial charge in [-0.25, -0.2) is 0 Å². The summed E-state index contributed by atoms with van der Waals surface area (Å²) >= 11 is 1.93. The van der Waals surface area contributed by atoms with E-state index in [4.69, 9.17) is 5.73 Å². The fourth-order valence-electron chi connectivity index (χ4n) is 2.29. The highest BCUT2D eigenvalue weighted by Crippen LogP contribution is 2.24. The van der Waals surface area contributed by atoms with Gasteiger partial charge in [0.05, 0.1) is 0 Å². The second kappa shape index (κ2) is 5.99. The number of nitrogens with zero attached hydrogens (tertiary/aromatic N) is 1. The highest BCUT2D eigenvalue weighted by Gasteiger charge is 2.29. The maximum atomic E-state index is 6.10. The zero-order valence-corrected chi connectivity index (χ0v) is 10.5. The molecule has 1 saturated carbocycles. The van der Waals surface area contributed by atoms with Crippen molar-refractivity contribution < 1.29 is 0 Å². The molecule has 0 saturated heterocycles. The SMILES string of the molecule is CSCCC(C)N(C)C1CCCC1N. The molecule has 0 radical (unpaired) electrons. The molecule has 3 heteroatoms. The number of hydrogen-bond acceptors (Lipinski definition) is 3. The summed E-state index contributed by atoms with van der Waals surface area (Å²) in [7, 11) is 2.24. The van der Waals surface area contributed by atoms with Crippen molar-refractivity contribution in [3.63, 3.8) is 0 Å². The van der Waals surface area contributed by atoms with Crippen LogP contribution in [0.4, 0.5) is 0 Å². The molecule has 0 spiro atoms. The monoisotopic (exact) mass is 216 g/mol. The summed E-state index contributed by atoms with van der Waals surface area (Å²) in [6.45, 7) is 2.32. The Bertz CT molecular complexity index is 163. The summed E-state index contributed by atoms with van der Waals surface area (Å²) in [4.78, 5) is 2.49. The number of nitrogens with two attached hydrogens (primary N) is 1. The summed E-state index contributed by atoms with van der Waals surface area (Å²) in [5, 5.41) is 0. The van der Waals surface area contributed by atoms with E-state index in [1.165, 1.54) is 31.4 Å². The lowest BCUT2D eigenvalue weighted by Crippen LogP contribution is -2.46. The first-order valence-electron chi connectivity index (χ1n) is 5.63. The maximum Gasteiger partial charge on any atom is 0.0246 e. The number of rotatable bonds is 5. The summed E-state index contributed by atoms with van der Waals surface area (Å²) < 4.78 is 0. The van der Waals surface area contributed by atoms with E-state index in [1.54, 1.807) is 0 Å². The van der Waals surface area contributed by atoms with Crippen LogP contribution < -0.4 is 5.73 Å². The summed E-state index contributed by atoms with van der Waals surface area (Å²) in [6.07, 6.45) is 7.27. The van der Waals surface area contributed by atoms with Gasteiger partial charge in [0.25, 0.3) is 0 Å². The van der Waals surface area contributed by atoms with Crippen molar-refractivity contribution in [2.24, 2.45) is 5.73 Å². The average Bonchev–Trinajstić information content (AvgIpc) is 2.59. The first-order valence-corrected chi connectivity index (χ1v) is 7.02. The third kappa shape index (κ3) is 3.14. The third-order valence-corrected chi connectivity index (χ3v) is 4.13. The number of likely N-dealkylation sites (N-methyl/N-ethyl adjacent to an activating group) is 1. The van der Waals surface area contributed by atoms with E-state index in [1.807, 2.05) is 11.8 Å². The van der Waals surface area contributed by atoms with E-state index >= 15 is 0 Å². The molecule has 0 amide bonds. The van der Waals surface area contributed by atoms with Gasteiger partial charge in [0, 0.05) is 18.1 Å². The second-order valence-electron chi connectivity index (χ2n) is 4.46. The van der Waals surface area contributed by atoms with Gasteiger partial charge in [-0.2, -0.15) is 11.8 Å². The van der Waals surface area contributed by atoms with Crippen LogP contribution >= 0.6 is 11.8 Å². The normalized spacial score (nSPS) is 29.8. The molecule has 3 atom stereocenters. The van der Waals surface area contributed by atoms with Gasteiger partial charge in [0.1, 0.15) is 0 Å². The third-order valence-electron chi connectivity index (χ3n) is 3.49. The lowest BCUT2D eigenvalue weighted by molar-refractivity contribution is 0.170. The summed E-state index contributed by atoms with van der Waals surface area (Å²) in [6, 6.07) is 1.72. The maximum absolute atomic E-state index is 6.10. The second-order valence-corrected chi connectivity index (χ2v) is 5.44. The van der Waals surface area contributed by atoms with Gasteiger partial charge >= 0.3 is 0 Å². The minimum Gasteiger partial charge on any atom is -0.326 e. The number of thioether (sulfide) groups is 1. The van der Waals surface area contributed by atoms with Crippen LogP contribution in [0.3, 0.4) is 0 Å². The summed E-state index contributed by atoms with van der Waals surface area (Å²) in [5.41, 5.74) is 6.10. The van der Waals surface area contributed by atoms with Crippen LogP contribution in [0.5, 0.6) is 0 Å². The van der Waals surface area contributed by atoms with Crippen molar-refractivity contribution in [3.05, 3.63) is 0 Å². The Hall–Kier alpha value is 0.270. The Morgan fingerprint density at radius 2 is 2.21 bits per heavy atom. The quantitative estimate of drug-likeness (QED) is 0.761. The van der Waals surface area contributed by atoms with Crippen molar-refractivity contribution >= 4 is 11.8 Å². The molecule has 0 aromatic rings. The van der Waals surface area contributed by atoms with Gasteiger partial charge in [-0.3, -0.25) is 4.90 Å². The Balaban J connectivity index is 2.34. The first kappa shape index (κ1) is 12.3. The van der Waals surface area contributed by atoms with Gasteiger partial charge in [-0.05, 0) is 45.2 Å². The highest BCUT2D eigenvalue weighted by molar-refractivity contribution is 7.98. The largest absolute Gasteiger partial charge is 0.326 e. The predicted octanol–water partition coefficient (Wildman–Crippen LogP) is 1.94. The Labute approximate surface area is 92.6 Å². The van der Waals surface area contributed by atoms with E-state index in [9.17, 15) is 0 Å². The molecule has 84 valence electrons. The smallest absolute Gasteiger partial charge is 0.0246 e. The van der Waals surface area contributed by atoms with E-state index in [-0.39, 0.29) is 0 Å². The highest BCUT2D eigenvalue weighted by atomic mass is 32.2. The van der Waals surface area contributed by atoms with Crippen LogP contribution in [0, 0.1) is 0 Å². The van der Waals surface area contributed by atoms with Crippen LogP contribution in [-0.2, 0) is 0 Å². The molecular formula is C11H24N2S. The zero-order valence-electron chi connectivity index (χ0n) is 9.70. The predicted molar refractivity (Wildman–Crippen MR) is 65.8 cm³/mol. The molecule has 3 unspecified atom stereocenters. The molecule has 0 aliphatic heterocycles. The molecule has 0 bridgehead atoms. The van der Waals surface area contributed by atoms with Gasteiger partial charge in [-0.1, -0.05) is 6.42 Å². The molecule has 0 aromatic heterocycles. The molecule has 14 heavy (non-hydrogen) atoms. The van der Waals surface area contributed by atoms with Gasteiger partial charge < -0.3 is 5.73 Å². The summed E-state index contributed by atoms with van der Waals surface area (Å²) in [5.74, 6) is 1.26. The van der Waals surface area contributed by atoms with Crippen molar-refractivity contribution in [1.82, 2.24) is 4.90 Å². The van der Waals surface area contributed by atoms with Crippen LogP contribution in [-0.4, -0.2) is 42.1 Å². The van der Waals surface area contributed by atoms with Crippen molar-refractivity contribution in [2.75, 3.05) is 19.1 Å². The van der Waals surface area contributed by atoms with E-state index in [0.29, 0.717) is 18.1 Å². The van der Waals surface area contributed by atoms with Crippen molar-refractivity contribution in [3.8, 4) is 0 Å². The Kier molecular flexibility index (Phi) is 5.28. The lowest BCUT2D eigenvalue weighted by atomic mass is 10.1. The van der Waals surface area contributed by atoms with E-state index in [2.05, 4.69) is 25.1 Å². The minimum absolute atomic E-state index is 0.414. The van der Waals surface area contributed by atoms with Crippen LogP contribution in [0.15, 0.2) is 0 Å². The van der Waals surface area contributed by atoms with Gasteiger partial charge in [0.2, 0.25) is 0 Å². The van der Waals surface area contributed by atoms with Gasteiger partial charge in [0.15, 0.2) is 0 Å². The molecule has 2 N–H and O–H groups in total. The fraction of sp³-hybridized carbons (Fsp3) is 1.00. The molecule has 2 nitrogen and oxygen atoms in total. The van der Waals surface area contributed by atoms with Crippen LogP contribution in [0.25, 0.3) is 0 Å². The molecule has 0 aromatic carbocycles. The lowest BCUT2D eigenvalue weighted by Gasteiger charge is -2.33. The minimum atomic E-state index is 0.414. The molecule has 1 rings (SSSR count). The molecule has 0 heterocycles. The van der Waals surface area contributed by atoms with Crippen LogP contribution in [0.1, 0.15) is 32.6 Å². The van der Waals surface area contributed by atoms with Crippen molar-refractivity contribution in [1.29, 1.82) is 0 Å². The van der Waals surface area contributed by atoms with E-state index in [0.717, 1.165) is 0 Å². The first-order chi connectivity index (χ1) is 6.66. The molecular weight excluding hydrogens is 192 g/mol. The fourth-order valence-corrected chi connectivity index (χ4v) is 2.87. The van der Waals surface area contributed by atoms with Gasteiger partial charge in [-0.15, -0.1) is 0 Å². The standard InChI is InChI=1S/C11H24N2S/c1-9(7-8-14-3)13(2)11-6-4-5-10(11)12/h9-11H,4-8,12H2,1-3H3. The Morgan fingerprint density at radius 1 is 1.50 bits per heavy atom.